The van der Waals surface area contributed by atoms with E-state index in [1.54, 1.807) is 12.1 Å². The molecule has 0 atom stereocenters. The lowest BCUT2D eigenvalue weighted by atomic mass is 10.0. The van der Waals surface area contributed by atoms with Crippen LogP contribution in [-0.2, 0) is 11.8 Å². The van der Waals surface area contributed by atoms with Crippen molar-refractivity contribution in [3.8, 4) is 11.1 Å². The number of carbonyl (C=O) groups excluding carboxylic acids is 1. The Balaban J connectivity index is 2.15. The molecule has 6 heteroatoms. The Kier molecular flexibility index (Phi) is 3.06. The Morgan fingerprint density at radius 2 is 1.95 bits per heavy atom. The number of rotatable bonds is 2. The van der Waals surface area contributed by atoms with E-state index in [0.717, 1.165) is 22.2 Å². The Labute approximate surface area is 121 Å². The number of ether oxygens (including phenoxy) is 1. The molecule has 0 fully saturated rings. The molecule has 0 radical (unpaired) electrons. The average Bonchev–Trinajstić information content (AvgIpc) is 2.85. The number of nitrogens with zero attached hydrogens (tertiary/aromatic N) is 3. The highest BCUT2D eigenvalue weighted by Crippen LogP contribution is 2.32. The number of anilines is 1. The number of hydrogen-bond acceptors (Lipinski definition) is 5. The molecule has 2 N–H and O–H groups in total. The third-order valence-corrected chi connectivity index (χ3v) is 3.40. The molecule has 0 saturated heterocycles. The van der Waals surface area contributed by atoms with Crippen molar-refractivity contribution >= 4 is 22.8 Å². The molecule has 0 aliphatic carbocycles. The minimum Gasteiger partial charge on any atom is -0.465 e. The van der Waals surface area contributed by atoms with Crippen molar-refractivity contribution in [2.45, 2.75) is 0 Å². The van der Waals surface area contributed by atoms with Gasteiger partial charge in [0, 0.05) is 18.8 Å². The highest BCUT2D eigenvalue weighted by atomic mass is 16.5. The zero-order chi connectivity index (χ0) is 15.0. The van der Waals surface area contributed by atoms with Crippen LogP contribution in [-0.4, -0.2) is 27.6 Å². The number of esters is 1. The molecule has 2 heterocycles. The third kappa shape index (κ3) is 2.10. The fourth-order valence-electron chi connectivity index (χ4n) is 2.36. The normalized spacial score (nSPS) is 10.8. The van der Waals surface area contributed by atoms with Gasteiger partial charge in [-0.25, -0.2) is 14.8 Å². The quantitative estimate of drug-likeness (QED) is 0.727. The predicted octanol–water partition coefficient (Wildman–Crippen LogP) is 2.00. The first-order valence-corrected chi connectivity index (χ1v) is 6.36. The van der Waals surface area contributed by atoms with Gasteiger partial charge in [-0.2, -0.15) is 0 Å². The van der Waals surface area contributed by atoms with E-state index in [1.165, 1.54) is 13.4 Å². The van der Waals surface area contributed by atoms with Crippen LogP contribution in [0.15, 0.2) is 36.8 Å². The van der Waals surface area contributed by atoms with Crippen LogP contribution in [0.3, 0.4) is 0 Å². The minimum absolute atomic E-state index is 0.359. The summed E-state index contributed by atoms with van der Waals surface area (Å²) in [5, 5.41) is 0.811. The first-order chi connectivity index (χ1) is 10.1. The van der Waals surface area contributed by atoms with E-state index in [9.17, 15) is 4.79 Å². The number of aromatic nitrogens is 3. The standard InChI is InChI=1S/C15H14N4O2/c1-19-7-11(12-13(16)17-8-18-14(12)19)9-3-5-10(6-4-9)15(20)21-2/h3-8H,1-2H3,(H2,16,17,18). The van der Waals surface area contributed by atoms with Crippen LogP contribution in [0, 0.1) is 0 Å². The van der Waals surface area contributed by atoms with Gasteiger partial charge in [0.15, 0.2) is 0 Å². The maximum atomic E-state index is 11.5. The summed E-state index contributed by atoms with van der Waals surface area (Å²) in [4.78, 5) is 19.8. The second-order valence-corrected chi connectivity index (χ2v) is 4.68. The van der Waals surface area contributed by atoms with Gasteiger partial charge in [0.2, 0.25) is 0 Å². The Morgan fingerprint density at radius 1 is 1.24 bits per heavy atom. The van der Waals surface area contributed by atoms with Gasteiger partial charge in [0.1, 0.15) is 17.8 Å². The van der Waals surface area contributed by atoms with Crippen molar-refractivity contribution < 1.29 is 9.53 Å². The first-order valence-electron chi connectivity index (χ1n) is 6.36. The monoisotopic (exact) mass is 282 g/mol. The summed E-state index contributed by atoms with van der Waals surface area (Å²) in [5.41, 5.74) is 9.12. The maximum absolute atomic E-state index is 11.5. The molecule has 0 spiro atoms. The fourth-order valence-corrected chi connectivity index (χ4v) is 2.36. The molecular formula is C15H14N4O2. The van der Waals surface area contributed by atoms with Crippen molar-refractivity contribution in [3.05, 3.63) is 42.4 Å². The van der Waals surface area contributed by atoms with Crippen LogP contribution >= 0.6 is 0 Å². The van der Waals surface area contributed by atoms with Gasteiger partial charge in [-0.15, -0.1) is 0 Å². The molecule has 1 aromatic carbocycles. The van der Waals surface area contributed by atoms with Crippen LogP contribution in [0.25, 0.3) is 22.2 Å². The van der Waals surface area contributed by atoms with Gasteiger partial charge >= 0.3 is 5.97 Å². The third-order valence-electron chi connectivity index (χ3n) is 3.40. The number of nitrogen functional groups attached to an aromatic ring is 1. The van der Waals surface area contributed by atoms with Crippen molar-refractivity contribution in [1.29, 1.82) is 0 Å². The summed E-state index contributed by atoms with van der Waals surface area (Å²) in [6.07, 6.45) is 3.39. The molecule has 0 bridgehead atoms. The number of carbonyl (C=O) groups is 1. The molecule has 0 amide bonds. The van der Waals surface area contributed by atoms with Gasteiger partial charge in [0.25, 0.3) is 0 Å². The predicted molar refractivity (Wildman–Crippen MR) is 79.7 cm³/mol. The van der Waals surface area contributed by atoms with Crippen molar-refractivity contribution in [2.24, 2.45) is 7.05 Å². The molecule has 3 rings (SSSR count). The van der Waals surface area contributed by atoms with Crippen molar-refractivity contribution in [3.63, 3.8) is 0 Å². The van der Waals surface area contributed by atoms with Crippen LogP contribution in [0.1, 0.15) is 10.4 Å². The number of hydrogen-bond donors (Lipinski definition) is 1. The molecule has 0 unspecified atom stereocenters. The Hall–Kier alpha value is -2.89. The number of aryl methyl sites for hydroxylation is 1. The van der Waals surface area contributed by atoms with Gasteiger partial charge in [-0.3, -0.25) is 0 Å². The molecule has 0 aliphatic rings. The van der Waals surface area contributed by atoms with Gasteiger partial charge in [0.05, 0.1) is 18.1 Å². The largest absolute Gasteiger partial charge is 0.465 e. The molecular weight excluding hydrogens is 268 g/mol. The number of fused-ring (bicyclic) bond motifs is 1. The van der Waals surface area contributed by atoms with E-state index in [4.69, 9.17) is 10.5 Å². The van der Waals surface area contributed by atoms with Gasteiger partial charge in [-0.1, -0.05) is 12.1 Å². The molecule has 3 aromatic rings. The topological polar surface area (TPSA) is 83.0 Å². The summed E-state index contributed by atoms with van der Waals surface area (Å²) in [6, 6.07) is 7.15. The first kappa shape index (κ1) is 13.1. The molecule has 6 nitrogen and oxygen atoms in total. The lowest BCUT2D eigenvalue weighted by Gasteiger charge is -2.03. The van der Waals surface area contributed by atoms with Crippen LogP contribution < -0.4 is 5.73 Å². The van der Waals surface area contributed by atoms with Crippen molar-refractivity contribution in [1.82, 2.24) is 14.5 Å². The number of benzene rings is 1. The van der Waals surface area contributed by atoms with E-state index >= 15 is 0 Å². The van der Waals surface area contributed by atoms with E-state index in [2.05, 4.69) is 9.97 Å². The fraction of sp³-hybridized carbons (Fsp3) is 0.133. The second-order valence-electron chi connectivity index (χ2n) is 4.68. The van der Waals surface area contributed by atoms with Gasteiger partial charge in [-0.05, 0) is 17.7 Å². The van der Waals surface area contributed by atoms with Crippen LogP contribution in [0.5, 0.6) is 0 Å². The van der Waals surface area contributed by atoms with E-state index in [-0.39, 0.29) is 5.97 Å². The highest BCUT2D eigenvalue weighted by molar-refractivity contribution is 6.01. The molecule has 2 aromatic heterocycles. The van der Waals surface area contributed by atoms with E-state index < -0.39 is 0 Å². The summed E-state index contributed by atoms with van der Waals surface area (Å²) in [6.45, 7) is 0. The zero-order valence-electron chi connectivity index (χ0n) is 11.7. The molecule has 21 heavy (non-hydrogen) atoms. The second kappa shape index (κ2) is 4.90. The molecule has 0 aliphatic heterocycles. The van der Waals surface area contributed by atoms with Gasteiger partial charge < -0.3 is 15.0 Å². The smallest absolute Gasteiger partial charge is 0.337 e. The van der Waals surface area contributed by atoms with Crippen molar-refractivity contribution in [2.75, 3.05) is 12.8 Å². The van der Waals surface area contributed by atoms with Crippen LogP contribution in [0.4, 0.5) is 5.82 Å². The van der Waals surface area contributed by atoms with Crippen LogP contribution in [0.2, 0.25) is 0 Å². The summed E-state index contributed by atoms with van der Waals surface area (Å²) in [5.74, 6) is 0.0787. The highest BCUT2D eigenvalue weighted by Gasteiger charge is 2.14. The lowest BCUT2D eigenvalue weighted by molar-refractivity contribution is 0.0601. The Morgan fingerprint density at radius 3 is 2.62 bits per heavy atom. The molecule has 0 saturated carbocycles. The Bertz CT molecular complexity index is 822. The van der Waals surface area contributed by atoms with E-state index in [1.807, 2.05) is 29.9 Å². The lowest BCUT2D eigenvalue weighted by Crippen LogP contribution is -2.00. The number of nitrogens with two attached hydrogens (primary N) is 1. The number of methoxy groups -OCH3 is 1. The van der Waals surface area contributed by atoms with E-state index in [0.29, 0.717) is 11.4 Å². The zero-order valence-corrected chi connectivity index (χ0v) is 11.7. The summed E-state index contributed by atoms with van der Waals surface area (Å²) < 4.78 is 6.59. The average molecular weight is 282 g/mol. The SMILES string of the molecule is COC(=O)c1ccc(-c2cn(C)c3ncnc(N)c23)cc1. The summed E-state index contributed by atoms with van der Waals surface area (Å²) >= 11 is 0. The molecule has 106 valence electrons. The maximum Gasteiger partial charge on any atom is 0.337 e. The minimum atomic E-state index is -0.359. The summed E-state index contributed by atoms with van der Waals surface area (Å²) in [7, 11) is 3.26.